The third kappa shape index (κ3) is 3.58. The first-order valence-electron chi connectivity index (χ1n) is 7.48. The minimum Gasteiger partial charge on any atom is -0.454 e. The highest BCUT2D eigenvalue weighted by Crippen LogP contribution is 2.31. The molecule has 0 bridgehead atoms. The molecule has 0 spiro atoms. The van der Waals surface area contributed by atoms with Crippen molar-refractivity contribution in [2.24, 2.45) is 5.10 Å². The van der Waals surface area contributed by atoms with Gasteiger partial charge in [-0.05, 0) is 35.9 Å². The van der Waals surface area contributed by atoms with E-state index in [0.717, 1.165) is 11.1 Å². The second-order valence-corrected chi connectivity index (χ2v) is 6.07. The number of benzene rings is 2. The van der Waals surface area contributed by atoms with Crippen molar-refractivity contribution in [3.8, 4) is 11.5 Å². The molecular weight excluding hydrogens is 342 g/mol. The van der Waals surface area contributed by atoms with Crippen LogP contribution in [0.15, 0.2) is 57.2 Å². The predicted molar refractivity (Wildman–Crippen MR) is 93.0 cm³/mol. The van der Waals surface area contributed by atoms with Crippen molar-refractivity contribution in [3.63, 3.8) is 0 Å². The van der Waals surface area contributed by atoms with Gasteiger partial charge in [0.05, 0.1) is 12.0 Å². The highest BCUT2D eigenvalue weighted by atomic mass is 32.2. The van der Waals surface area contributed by atoms with Crippen LogP contribution in [0.5, 0.6) is 11.5 Å². The Kier molecular flexibility index (Phi) is 4.26. The van der Waals surface area contributed by atoms with E-state index in [9.17, 15) is 4.79 Å². The van der Waals surface area contributed by atoms with E-state index in [2.05, 4.69) is 15.5 Å². The number of carbonyl (C=O) groups excluding carboxylic acids is 1. The number of rotatable bonds is 5. The number of fused-ring (bicyclic) bond motifs is 2. The van der Waals surface area contributed by atoms with E-state index < -0.39 is 0 Å². The molecule has 3 aromatic rings. The molecule has 2 heterocycles. The molecule has 0 aliphatic carbocycles. The molecule has 1 aliphatic rings. The largest absolute Gasteiger partial charge is 0.454 e. The Morgan fingerprint density at radius 1 is 1.24 bits per heavy atom. The summed E-state index contributed by atoms with van der Waals surface area (Å²) in [6.07, 6.45) is 1.55. The van der Waals surface area contributed by atoms with Crippen molar-refractivity contribution in [2.45, 2.75) is 5.22 Å². The molecule has 0 unspecified atom stereocenters. The molecule has 0 atom stereocenters. The molecule has 4 rings (SSSR count). The van der Waals surface area contributed by atoms with Crippen LogP contribution >= 0.6 is 11.8 Å². The zero-order valence-electron chi connectivity index (χ0n) is 13.0. The number of ether oxygens (including phenoxy) is 2. The number of hydrazone groups is 1. The number of oxazole rings is 1. The standard InChI is InChI=1S/C17H13N3O4S/c21-16(9-25-17-19-12-3-1-2-4-13(12)24-17)20-18-8-11-5-6-14-15(7-11)23-10-22-14/h1-8H,9-10H2,(H,20,21)/b18-8+. The summed E-state index contributed by atoms with van der Waals surface area (Å²) >= 11 is 1.22. The zero-order valence-corrected chi connectivity index (χ0v) is 13.8. The fourth-order valence-corrected chi connectivity index (χ4v) is 2.88. The van der Waals surface area contributed by atoms with Crippen LogP contribution in [0.4, 0.5) is 0 Å². The van der Waals surface area contributed by atoms with Gasteiger partial charge in [-0.25, -0.2) is 10.4 Å². The van der Waals surface area contributed by atoms with Crippen LogP contribution < -0.4 is 14.9 Å². The number of nitrogens with zero attached hydrogens (tertiary/aromatic N) is 2. The van der Waals surface area contributed by atoms with Crippen LogP contribution in [-0.2, 0) is 4.79 Å². The summed E-state index contributed by atoms with van der Waals surface area (Å²) in [4.78, 5) is 16.1. The molecule has 8 heteroatoms. The number of aromatic nitrogens is 1. The third-order valence-electron chi connectivity index (χ3n) is 3.40. The Morgan fingerprint density at radius 3 is 3.04 bits per heavy atom. The smallest absolute Gasteiger partial charge is 0.257 e. The van der Waals surface area contributed by atoms with Gasteiger partial charge in [-0.3, -0.25) is 4.79 Å². The van der Waals surface area contributed by atoms with Crippen molar-refractivity contribution < 1.29 is 18.7 Å². The van der Waals surface area contributed by atoms with E-state index >= 15 is 0 Å². The molecule has 0 saturated heterocycles. The highest BCUT2D eigenvalue weighted by Gasteiger charge is 2.12. The number of nitrogens with one attached hydrogen (secondary N) is 1. The lowest BCUT2D eigenvalue weighted by molar-refractivity contribution is -0.118. The molecule has 1 amide bonds. The lowest BCUT2D eigenvalue weighted by atomic mass is 10.2. The Bertz CT molecular complexity index is 921. The molecule has 0 radical (unpaired) electrons. The number of hydrogen-bond acceptors (Lipinski definition) is 7. The molecule has 1 aliphatic heterocycles. The Balaban J connectivity index is 1.30. The fourth-order valence-electron chi connectivity index (χ4n) is 2.24. The first-order chi connectivity index (χ1) is 12.3. The SMILES string of the molecule is O=C(CSc1nc2ccccc2o1)N/N=C/c1ccc2c(c1)OCO2. The van der Waals surface area contributed by atoms with E-state index in [1.165, 1.54) is 11.8 Å². The summed E-state index contributed by atoms with van der Waals surface area (Å²) in [7, 11) is 0. The maximum absolute atomic E-state index is 11.8. The number of para-hydroxylation sites is 2. The lowest BCUT2D eigenvalue weighted by Crippen LogP contribution is -2.19. The topological polar surface area (TPSA) is 86.0 Å². The minimum absolute atomic E-state index is 0.158. The molecular formula is C17H13N3O4S. The highest BCUT2D eigenvalue weighted by molar-refractivity contribution is 7.99. The average molecular weight is 355 g/mol. The van der Waals surface area contributed by atoms with Gasteiger partial charge in [0.1, 0.15) is 5.52 Å². The lowest BCUT2D eigenvalue weighted by Gasteiger charge is -1.99. The molecule has 25 heavy (non-hydrogen) atoms. The van der Waals surface area contributed by atoms with Crippen LogP contribution in [0.1, 0.15) is 5.56 Å². The van der Waals surface area contributed by atoms with E-state index in [0.29, 0.717) is 22.3 Å². The summed E-state index contributed by atoms with van der Waals surface area (Å²) in [5.74, 6) is 1.28. The number of thioether (sulfide) groups is 1. The quantitative estimate of drug-likeness (QED) is 0.430. The first kappa shape index (κ1) is 15.5. The van der Waals surface area contributed by atoms with Crippen molar-refractivity contribution in [1.29, 1.82) is 0 Å². The monoisotopic (exact) mass is 355 g/mol. The fraction of sp³-hybridized carbons (Fsp3) is 0.118. The van der Waals surface area contributed by atoms with Crippen LogP contribution in [-0.4, -0.2) is 29.7 Å². The first-order valence-corrected chi connectivity index (χ1v) is 8.46. The minimum atomic E-state index is -0.246. The van der Waals surface area contributed by atoms with E-state index in [-0.39, 0.29) is 18.5 Å². The van der Waals surface area contributed by atoms with E-state index in [1.807, 2.05) is 30.3 Å². The Hall–Kier alpha value is -3.00. The molecule has 126 valence electrons. The van der Waals surface area contributed by atoms with Crippen molar-refractivity contribution >= 4 is 35.0 Å². The van der Waals surface area contributed by atoms with Gasteiger partial charge in [-0.15, -0.1) is 0 Å². The summed E-state index contributed by atoms with van der Waals surface area (Å²) in [6.45, 7) is 0.222. The molecule has 1 aromatic heterocycles. The zero-order chi connectivity index (χ0) is 17.1. The molecule has 0 saturated carbocycles. The second kappa shape index (κ2) is 6.86. The van der Waals surface area contributed by atoms with Gasteiger partial charge >= 0.3 is 0 Å². The van der Waals surface area contributed by atoms with E-state index in [4.69, 9.17) is 13.9 Å². The van der Waals surface area contributed by atoms with E-state index in [1.54, 1.807) is 18.3 Å². The average Bonchev–Trinajstić information content (AvgIpc) is 3.25. The summed E-state index contributed by atoms with van der Waals surface area (Å²) < 4.78 is 16.1. The predicted octanol–water partition coefficient (Wildman–Crippen LogP) is 2.80. The van der Waals surface area contributed by atoms with Gasteiger partial charge in [-0.1, -0.05) is 23.9 Å². The van der Waals surface area contributed by atoms with Gasteiger partial charge in [-0.2, -0.15) is 5.10 Å². The number of amides is 1. The van der Waals surface area contributed by atoms with Crippen LogP contribution in [0.3, 0.4) is 0 Å². The maximum atomic E-state index is 11.8. The summed E-state index contributed by atoms with van der Waals surface area (Å²) in [5, 5.41) is 4.39. The Morgan fingerprint density at radius 2 is 2.12 bits per heavy atom. The van der Waals surface area contributed by atoms with Gasteiger partial charge in [0.15, 0.2) is 17.1 Å². The molecule has 0 fully saturated rings. The van der Waals surface area contributed by atoms with Crippen LogP contribution in [0, 0.1) is 0 Å². The Labute approximate surface area is 147 Å². The summed E-state index contributed by atoms with van der Waals surface area (Å²) in [5.41, 5.74) is 4.74. The normalized spacial score (nSPS) is 12.8. The molecule has 7 nitrogen and oxygen atoms in total. The number of carbonyl (C=O) groups is 1. The van der Waals surface area contributed by atoms with Crippen molar-refractivity contribution in [3.05, 3.63) is 48.0 Å². The van der Waals surface area contributed by atoms with Crippen molar-refractivity contribution in [1.82, 2.24) is 10.4 Å². The van der Waals surface area contributed by atoms with Gasteiger partial charge in [0.25, 0.3) is 11.1 Å². The van der Waals surface area contributed by atoms with Crippen LogP contribution in [0.2, 0.25) is 0 Å². The molecule has 2 aromatic carbocycles. The second-order valence-electron chi connectivity index (χ2n) is 5.14. The van der Waals surface area contributed by atoms with Gasteiger partial charge in [0, 0.05) is 0 Å². The number of hydrogen-bond donors (Lipinski definition) is 1. The molecule has 1 N–H and O–H groups in total. The third-order valence-corrected chi connectivity index (χ3v) is 4.23. The van der Waals surface area contributed by atoms with Gasteiger partial charge in [0.2, 0.25) is 6.79 Å². The maximum Gasteiger partial charge on any atom is 0.257 e. The summed E-state index contributed by atoms with van der Waals surface area (Å²) in [6, 6.07) is 12.9. The van der Waals surface area contributed by atoms with Crippen molar-refractivity contribution in [2.75, 3.05) is 12.5 Å². The van der Waals surface area contributed by atoms with Gasteiger partial charge < -0.3 is 13.9 Å². The van der Waals surface area contributed by atoms with Crippen LogP contribution in [0.25, 0.3) is 11.1 Å².